The van der Waals surface area contributed by atoms with E-state index in [0.717, 1.165) is 55.7 Å². The Morgan fingerprint density at radius 3 is 1.47 bits per heavy atom. The Balaban J connectivity index is 0.939. The molecule has 10 aromatic carbocycles. The summed E-state index contributed by atoms with van der Waals surface area (Å²) in [5.41, 5.74) is 14.6. The molecule has 0 N–H and O–H groups in total. The van der Waals surface area contributed by atoms with Gasteiger partial charge in [-0.2, -0.15) is 0 Å². The van der Waals surface area contributed by atoms with Gasteiger partial charge in [0.1, 0.15) is 11.2 Å². The minimum atomic E-state index is 0.906. The van der Waals surface area contributed by atoms with Crippen molar-refractivity contribution in [2.75, 3.05) is 4.90 Å². The second-order valence-corrected chi connectivity index (χ2v) is 15.0. The molecule has 0 atom stereocenters. The molecule has 0 saturated carbocycles. The number of nitrogens with zero attached hydrogens (tertiary/aromatic N) is 1. The number of anilines is 3. The molecule has 0 aliphatic rings. The van der Waals surface area contributed by atoms with Gasteiger partial charge < -0.3 is 9.32 Å². The van der Waals surface area contributed by atoms with Crippen molar-refractivity contribution in [1.29, 1.82) is 0 Å². The fraction of sp³-hybridized carbons (Fsp3) is 0. The fourth-order valence-electron chi connectivity index (χ4n) is 8.46. The lowest BCUT2D eigenvalue weighted by molar-refractivity contribution is 0.669. The summed E-state index contributed by atoms with van der Waals surface area (Å²) in [4.78, 5) is 2.35. The predicted molar refractivity (Wildman–Crippen MR) is 245 cm³/mol. The highest BCUT2D eigenvalue weighted by Crippen LogP contribution is 2.40. The van der Waals surface area contributed by atoms with Gasteiger partial charge in [-0.05, 0) is 127 Å². The van der Waals surface area contributed by atoms with Crippen LogP contribution in [0.3, 0.4) is 0 Å². The molecular weight excluding hydrogens is 703 g/mol. The van der Waals surface area contributed by atoms with E-state index in [1.54, 1.807) is 0 Å². The first kappa shape index (κ1) is 33.6. The summed E-state index contributed by atoms with van der Waals surface area (Å²) < 4.78 is 6.12. The van der Waals surface area contributed by atoms with Gasteiger partial charge in [-0.1, -0.05) is 164 Å². The molecule has 272 valence electrons. The molecule has 0 unspecified atom stereocenters. The van der Waals surface area contributed by atoms with Crippen molar-refractivity contribution < 1.29 is 4.42 Å². The van der Waals surface area contributed by atoms with Crippen LogP contribution >= 0.6 is 0 Å². The normalized spacial score (nSPS) is 11.4. The summed E-state index contributed by atoms with van der Waals surface area (Å²) in [5, 5.41) is 7.37. The molecule has 58 heavy (non-hydrogen) atoms. The molecule has 0 bridgehead atoms. The van der Waals surface area contributed by atoms with E-state index in [2.05, 4.69) is 217 Å². The van der Waals surface area contributed by atoms with Crippen molar-refractivity contribution in [1.82, 2.24) is 0 Å². The van der Waals surface area contributed by atoms with Gasteiger partial charge in [0.2, 0.25) is 0 Å². The molecule has 0 radical (unpaired) electrons. The molecule has 0 aliphatic heterocycles. The fourth-order valence-corrected chi connectivity index (χ4v) is 8.46. The monoisotopic (exact) mass is 739 g/mol. The Hall–Kier alpha value is -7.68. The second-order valence-electron chi connectivity index (χ2n) is 15.0. The van der Waals surface area contributed by atoms with E-state index >= 15 is 0 Å². The standard InChI is InChI=1S/C56H37NO/c1-2-9-38(10-3-1)39-23-29-48(30-24-39)57(49-31-25-42(26-32-49)46-28-34-56-54(37-46)53-15-6-7-16-55(53)58-56)50-13-8-12-44(36-50)40-17-19-41(20-18-40)45-27-33-52-47(35-45)22-21-43-11-4-5-14-51(43)52/h1-37H. The van der Waals surface area contributed by atoms with Crippen molar-refractivity contribution in [2.45, 2.75) is 0 Å². The van der Waals surface area contributed by atoms with Crippen LogP contribution in [0.2, 0.25) is 0 Å². The average Bonchev–Trinajstić information content (AvgIpc) is 3.68. The quantitative estimate of drug-likeness (QED) is 0.151. The molecule has 2 heteroatoms. The maximum absolute atomic E-state index is 6.12. The summed E-state index contributed by atoms with van der Waals surface area (Å²) in [6, 6.07) is 80.8. The third kappa shape index (κ3) is 6.09. The summed E-state index contributed by atoms with van der Waals surface area (Å²) in [6.45, 7) is 0. The maximum Gasteiger partial charge on any atom is 0.135 e. The third-order valence-electron chi connectivity index (χ3n) is 11.5. The Kier molecular flexibility index (Phi) is 8.19. The molecule has 11 rings (SSSR count). The topological polar surface area (TPSA) is 16.4 Å². The second kappa shape index (κ2) is 14.1. The summed E-state index contributed by atoms with van der Waals surface area (Å²) in [7, 11) is 0. The first-order valence-corrected chi connectivity index (χ1v) is 19.8. The third-order valence-corrected chi connectivity index (χ3v) is 11.5. The Morgan fingerprint density at radius 2 is 0.724 bits per heavy atom. The van der Waals surface area contributed by atoms with E-state index < -0.39 is 0 Å². The van der Waals surface area contributed by atoms with Gasteiger partial charge in [-0.25, -0.2) is 0 Å². The van der Waals surface area contributed by atoms with Crippen LogP contribution in [0, 0.1) is 0 Å². The highest BCUT2D eigenvalue weighted by molar-refractivity contribution is 6.08. The van der Waals surface area contributed by atoms with Crippen LogP contribution in [0.1, 0.15) is 0 Å². The molecular formula is C56H37NO. The van der Waals surface area contributed by atoms with Crippen LogP contribution in [-0.2, 0) is 0 Å². The zero-order valence-corrected chi connectivity index (χ0v) is 31.7. The van der Waals surface area contributed by atoms with E-state index in [1.165, 1.54) is 49.4 Å². The lowest BCUT2D eigenvalue weighted by Crippen LogP contribution is -2.10. The van der Waals surface area contributed by atoms with Crippen molar-refractivity contribution >= 4 is 60.5 Å². The largest absolute Gasteiger partial charge is 0.456 e. The average molecular weight is 740 g/mol. The van der Waals surface area contributed by atoms with Gasteiger partial charge in [0.15, 0.2) is 0 Å². The van der Waals surface area contributed by atoms with Gasteiger partial charge in [0.25, 0.3) is 0 Å². The van der Waals surface area contributed by atoms with Gasteiger partial charge in [-0.3, -0.25) is 0 Å². The number of para-hydroxylation sites is 1. The maximum atomic E-state index is 6.12. The predicted octanol–water partition coefficient (Wildman–Crippen LogP) is 16.0. The summed E-state index contributed by atoms with van der Waals surface area (Å²) in [5.74, 6) is 0. The van der Waals surface area contributed by atoms with Gasteiger partial charge in [0, 0.05) is 27.8 Å². The Labute approximate surface area is 337 Å². The number of fused-ring (bicyclic) bond motifs is 6. The number of benzene rings is 10. The van der Waals surface area contributed by atoms with Gasteiger partial charge >= 0.3 is 0 Å². The van der Waals surface area contributed by atoms with Gasteiger partial charge in [-0.15, -0.1) is 0 Å². The van der Waals surface area contributed by atoms with E-state index in [4.69, 9.17) is 4.42 Å². The molecule has 0 saturated heterocycles. The number of hydrogen-bond acceptors (Lipinski definition) is 2. The van der Waals surface area contributed by atoms with E-state index in [-0.39, 0.29) is 0 Å². The number of rotatable bonds is 7. The van der Waals surface area contributed by atoms with Crippen molar-refractivity contribution in [3.8, 4) is 44.5 Å². The molecule has 0 aliphatic carbocycles. The highest BCUT2D eigenvalue weighted by atomic mass is 16.3. The lowest BCUT2D eigenvalue weighted by Gasteiger charge is -2.26. The Bertz CT molecular complexity index is 3250. The molecule has 1 aromatic heterocycles. The van der Waals surface area contributed by atoms with Crippen LogP contribution in [-0.4, -0.2) is 0 Å². The van der Waals surface area contributed by atoms with Crippen molar-refractivity contribution in [3.05, 3.63) is 224 Å². The molecule has 2 nitrogen and oxygen atoms in total. The van der Waals surface area contributed by atoms with Crippen molar-refractivity contribution in [3.63, 3.8) is 0 Å². The lowest BCUT2D eigenvalue weighted by atomic mass is 9.96. The van der Waals surface area contributed by atoms with Crippen LogP contribution in [0.5, 0.6) is 0 Å². The zero-order chi connectivity index (χ0) is 38.4. The minimum absolute atomic E-state index is 0.906. The number of furan rings is 1. The van der Waals surface area contributed by atoms with Crippen LogP contribution in [0.15, 0.2) is 229 Å². The Morgan fingerprint density at radius 1 is 0.241 bits per heavy atom. The van der Waals surface area contributed by atoms with Crippen LogP contribution in [0.25, 0.3) is 88.0 Å². The summed E-state index contributed by atoms with van der Waals surface area (Å²) in [6.07, 6.45) is 0. The van der Waals surface area contributed by atoms with E-state index in [9.17, 15) is 0 Å². The highest BCUT2D eigenvalue weighted by Gasteiger charge is 2.16. The molecule has 0 spiro atoms. The molecule has 11 aromatic rings. The molecule has 0 fully saturated rings. The van der Waals surface area contributed by atoms with Gasteiger partial charge in [0.05, 0.1) is 0 Å². The SMILES string of the molecule is c1ccc(-c2ccc(N(c3ccc(-c4ccc5oc6ccccc6c5c4)cc3)c3cccc(-c4ccc(-c5ccc6c(ccc7ccccc76)c5)cc4)c3)cc2)cc1. The molecule has 1 heterocycles. The molecule has 0 amide bonds. The zero-order valence-electron chi connectivity index (χ0n) is 31.7. The first-order valence-electron chi connectivity index (χ1n) is 19.8. The van der Waals surface area contributed by atoms with E-state index in [1.807, 2.05) is 12.1 Å². The summed E-state index contributed by atoms with van der Waals surface area (Å²) >= 11 is 0. The minimum Gasteiger partial charge on any atom is -0.456 e. The smallest absolute Gasteiger partial charge is 0.135 e. The number of hydrogen-bond donors (Lipinski definition) is 0. The van der Waals surface area contributed by atoms with E-state index in [0.29, 0.717) is 0 Å². The van der Waals surface area contributed by atoms with Crippen molar-refractivity contribution in [2.24, 2.45) is 0 Å². The first-order chi connectivity index (χ1) is 28.7. The van der Waals surface area contributed by atoms with Crippen LogP contribution in [0.4, 0.5) is 17.1 Å². The van der Waals surface area contributed by atoms with Crippen LogP contribution < -0.4 is 4.90 Å².